The van der Waals surface area contributed by atoms with Crippen LogP contribution in [-0.4, -0.2) is 28.3 Å². The van der Waals surface area contributed by atoms with Crippen molar-refractivity contribution in [2.75, 3.05) is 13.7 Å². The molecule has 5 rings (SSSR count). The summed E-state index contributed by atoms with van der Waals surface area (Å²) in [6.45, 7) is 0.917. The highest BCUT2D eigenvalue weighted by atomic mass is 32.2. The Labute approximate surface area is 177 Å². The van der Waals surface area contributed by atoms with E-state index in [4.69, 9.17) is 9.72 Å². The molecule has 0 spiro atoms. The fraction of sp³-hybridized carbons (Fsp3) is 0.167. The van der Waals surface area contributed by atoms with Crippen LogP contribution in [0.15, 0.2) is 76.7 Å². The second kappa shape index (κ2) is 7.97. The molecule has 5 nitrogen and oxygen atoms in total. The van der Waals surface area contributed by atoms with E-state index in [0.29, 0.717) is 23.8 Å². The minimum Gasteiger partial charge on any atom is -0.383 e. The van der Waals surface area contributed by atoms with Gasteiger partial charge in [0, 0.05) is 23.8 Å². The Bertz CT molecular complexity index is 1420. The van der Waals surface area contributed by atoms with E-state index >= 15 is 0 Å². The first-order valence-corrected chi connectivity index (χ1v) is 10.8. The minimum atomic E-state index is -0.0614. The summed E-state index contributed by atoms with van der Waals surface area (Å²) in [5.74, 6) is 0.731. The highest BCUT2D eigenvalue weighted by Gasteiger charge is 2.16. The van der Waals surface area contributed by atoms with Gasteiger partial charge in [-0.3, -0.25) is 9.36 Å². The molecule has 2 heterocycles. The van der Waals surface area contributed by atoms with Crippen LogP contribution in [0.4, 0.5) is 0 Å². The molecule has 5 aromatic rings. The van der Waals surface area contributed by atoms with Crippen LogP contribution in [0, 0.1) is 0 Å². The van der Waals surface area contributed by atoms with E-state index in [1.165, 1.54) is 16.3 Å². The van der Waals surface area contributed by atoms with Crippen molar-refractivity contribution in [2.24, 2.45) is 0 Å². The first kappa shape index (κ1) is 18.9. The van der Waals surface area contributed by atoms with Crippen LogP contribution in [0.25, 0.3) is 32.7 Å². The minimum absolute atomic E-state index is 0.0614. The Hall–Kier alpha value is -3.09. The number of methoxy groups -OCH3 is 1. The lowest BCUT2D eigenvalue weighted by Crippen LogP contribution is -2.25. The summed E-state index contributed by atoms with van der Waals surface area (Å²) in [7, 11) is 1.64. The number of H-pyrrole nitrogens is 1. The zero-order valence-corrected chi connectivity index (χ0v) is 17.4. The molecule has 0 atom stereocenters. The molecule has 0 fully saturated rings. The van der Waals surface area contributed by atoms with Gasteiger partial charge < -0.3 is 9.72 Å². The van der Waals surface area contributed by atoms with Crippen molar-refractivity contribution in [1.29, 1.82) is 0 Å². The largest absolute Gasteiger partial charge is 0.383 e. The van der Waals surface area contributed by atoms with Crippen LogP contribution < -0.4 is 5.56 Å². The number of hydrogen-bond donors (Lipinski definition) is 1. The zero-order valence-electron chi connectivity index (χ0n) is 16.6. The first-order valence-electron chi connectivity index (χ1n) is 9.86. The number of nitrogens with one attached hydrogen (secondary N) is 1. The fourth-order valence-corrected chi connectivity index (χ4v) is 4.85. The summed E-state index contributed by atoms with van der Waals surface area (Å²) in [4.78, 5) is 21.4. The van der Waals surface area contributed by atoms with Crippen molar-refractivity contribution >= 4 is 44.5 Å². The Kier molecular flexibility index (Phi) is 5.02. The zero-order chi connectivity index (χ0) is 20.5. The van der Waals surface area contributed by atoms with Gasteiger partial charge >= 0.3 is 0 Å². The summed E-state index contributed by atoms with van der Waals surface area (Å²) in [6, 6.07) is 22.6. The number of aromatic nitrogens is 3. The number of aromatic amines is 1. The predicted molar refractivity (Wildman–Crippen MR) is 123 cm³/mol. The molecule has 0 aliphatic heterocycles. The number of nitrogens with zero attached hydrogens (tertiary/aromatic N) is 2. The van der Waals surface area contributed by atoms with Crippen molar-refractivity contribution in [3.8, 4) is 0 Å². The van der Waals surface area contributed by atoms with Crippen molar-refractivity contribution in [2.45, 2.75) is 17.5 Å². The molecule has 1 N–H and O–H groups in total. The second-order valence-electron chi connectivity index (χ2n) is 7.17. The van der Waals surface area contributed by atoms with E-state index in [1.807, 2.05) is 30.3 Å². The van der Waals surface area contributed by atoms with Gasteiger partial charge in [0.2, 0.25) is 0 Å². The molecule has 0 amide bonds. The monoisotopic (exact) mass is 415 g/mol. The molecular formula is C24H21N3O2S. The molecule has 0 saturated heterocycles. The highest BCUT2D eigenvalue weighted by molar-refractivity contribution is 7.98. The average Bonchev–Trinajstić information content (AvgIpc) is 3.16. The lowest BCUT2D eigenvalue weighted by Gasteiger charge is -2.12. The number of thioether (sulfide) groups is 1. The maximum atomic E-state index is 13.3. The molecule has 0 aliphatic carbocycles. The van der Waals surface area contributed by atoms with E-state index in [0.717, 1.165) is 22.2 Å². The molecule has 150 valence electrons. The summed E-state index contributed by atoms with van der Waals surface area (Å²) < 4.78 is 6.96. The van der Waals surface area contributed by atoms with Crippen molar-refractivity contribution in [3.63, 3.8) is 0 Å². The maximum Gasteiger partial charge on any atom is 0.278 e. The van der Waals surface area contributed by atoms with Crippen LogP contribution >= 0.6 is 11.8 Å². The Morgan fingerprint density at radius 1 is 1.00 bits per heavy atom. The van der Waals surface area contributed by atoms with Crippen LogP contribution in [-0.2, 0) is 17.0 Å². The molecule has 3 aromatic carbocycles. The topological polar surface area (TPSA) is 59.9 Å². The molecule has 0 bridgehead atoms. The molecular weight excluding hydrogens is 394 g/mol. The van der Waals surface area contributed by atoms with Gasteiger partial charge in [0.1, 0.15) is 11.0 Å². The molecule has 0 radical (unpaired) electrons. The van der Waals surface area contributed by atoms with Gasteiger partial charge in [-0.25, -0.2) is 4.98 Å². The van der Waals surface area contributed by atoms with E-state index in [-0.39, 0.29) is 5.56 Å². The number of fused-ring (bicyclic) bond motifs is 4. The van der Waals surface area contributed by atoms with Gasteiger partial charge in [-0.2, -0.15) is 0 Å². The highest BCUT2D eigenvalue weighted by Crippen LogP contribution is 2.28. The summed E-state index contributed by atoms with van der Waals surface area (Å²) in [6.07, 6.45) is 0. The lowest BCUT2D eigenvalue weighted by molar-refractivity contribution is 0.183. The first-order chi connectivity index (χ1) is 14.8. The second-order valence-corrected chi connectivity index (χ2v) is 8.11. The average molecular weight is 416 g/mol. The van der Waals surface area contributed by atoms with Gasteiger partial charge in [-0.15, -0.1) is 0 Å². The van der Waals surface area contributed by atoms with Crippen LogP contribution in [0.3, 0.4) is 0 Å². The molecule has 30 heavy (non-hydrogen) atoms. The Morgan fingerprint density at radius 3 is 2.63 bits per heavy atom. The fourth-order valence-electron chi connectivity index (χ4n) is 3.83. The van der Waals surface area contributed by atoms with E-state index in [1.54, 1.807) is 23.4 Å². The van der Waals surface area contributed by atoms with E-state index in [9.17, 15) is 4.79 Å². The van der Waals surface area contributed by atoms with Gasteiger partial charge in [0.05, 0.1) is 13.2 Å². The third-order valence-electron chi connectivity index (χ3n) is 5.33. The lowest BCUT2D eigenvalue weighted by atomic mass is 10.1. The van der Waals surface area contributed by atoms with Gasteiger partial charge in [-0.05, 0) is 22.4 Å². The third kappa shape index (κ3) is 3.28. The SMILES string of the molecule is COCCn1c(SCc2cccc3ccccc23)nc2c([nH]c3ccccc32)c1=O. The van der Waals surface area contributed by atoms with Crippen LogP contribution in [0.1, 0.15) is 5.56 Å². The number of para-hydroxylation sites is 1. The molecule has 0 saturated carbocycles. The normalized spacial score (nSPS) is 11.6. The van der Waals surface area contributed by atoms with Crippen molar-refractivity contribution in [1.82, 2.24) is 14.5 Å². The predicted octanol–water partition coefficient (Wildman–Crippen LogP) is 4.97. The van der Waals surface area contributed by atoms with Crippen LogP contribution in [0.5, 0.6) is 0 Å². The standard InChI is InChI=1S/C24H21N3O2S/c1-29-14-13-27-23(28)22-21(19-11-4-5-12-20(19)25-22)26-24(27)30-15-17-9-6-8-16-7-2-3-10-18(16)17/h2-12,25H,13-15H2,1H3. The summed E-state index contributed by atoms with van der Waals surface area (Å²) in [5, 5.41) is 4.12. The Balaban J connectivity index is 1.61. The van der Waals surface area contributed by atoms with Crippen molar-refractivity contribution < 1.29 is 4.74 Å². The Morgan fingerprint density at radius 2 is 1.77 bits per heavy atom. The smallest absolute Gasteiger partial charge is 0.278 e. The number of benzene rings is 3. The quantitative estimate of drug-likeness (QED) is 0.314. The maximum absolute atomic E-state index is 13.3. The van der Waals surface area contributed by atoms with Crippen molar-refractivity contribution in [3.05, 3.63) is 82.6 Å². The number of ether oxygens (including phenoxy) is 1. The molecule has 2 aromatic heterocycles. The number of rotatable bonds is 6. The van der Waals surface area contributed by atoms with E-state index < -0.39 is 0 Å². The molecule has 0 unspecified atom stereocenters. The van der Waals surface area contributed by atoms with E-state index in [2.05, 4.69) is 41.4 Å². The van der Waals surface area contributed by atoms with Gasteiger partial charge in [0.25, 0.3) is 5.56 Å². The molecule has 0 aliphatic rings. The van der Waals surface area contributed by atoms with Gasteiger partial charge in [-0.1, -0.05) is 72.4 Å². The van der Waals surface area contributed by atoms with Gasteiger partial charge in [0.15, 0.2) is 5.16 Å². The summed E-state index contributed by atoms with van der Waals surface area (Å²) >= 11 is 1.59. The number of hydrogen-bond acceptors (Lipinski definition) is 4. The van der Waals surface area contributed by atoms with Crippen LogP contribution in [0.2, 0.25) is 0 Å². The summed E-state index contributed by atoms with van der Waals surface area (Å²) in [5.41, 5.74) is 3.36. The third-order valence-corrected chi connectivity index (χ3v) is 6.36. The molecule has 6 heteroatoms.